The molecule has 0 amide bonds. The van der Waals surface area contributed by atoms with Gasteiger partial charge in [0.2, 0.25) is 0 Å². The predicted molar refractivity (Wildman–Crippen MR) is 336 cm³/mol. The minimum Gasteiger partial charge on any atom is -0.310 e. The van der Waals surface area contributed by atoms with E-state index in [-0.39, 0.29) is 10.8 Å². The van der Waals surface area contributed by atoms with E-state index >= 15 is 0 Å². The second-order valence-corrected chi connectivity index (χ2v) is 22.6. The summed E-state index contributed by atoms with van der Waals surface area (Å²) in [4.78, 5) is 7.20. The summed E-state index contributed by atoms with van der Waals surface area (Å²) in [6.07, 6.45) is 0. The molecule has 3 nitrogen and oxygen atoms in total. The molecule has 0 saturated heterocycles. The molecule has 15 rings (SSSR count). The van der Waals surface area contributed by atoms with Crippen molar-refractivity contribution in [1.82, 2.24) is 0 Å². The topological polar surface area (TPSA) is 9.72 Å². The first kappa shape index (κ1) is 46.6. The van der Waals surface area contributed by atoms with Gasteiger partial charge in [-0.15, -0.1) is 0 Å². The quantitative estimate of drug-likeness (QED) is 0.133. The molecule has 13 aromatic rings. The number of benzene rings is 13. The van der Waals surface area contributed by atoms with Crippen molar-refractivity contribution < 1.29 is 0 Å². The van der Waals surface area contributed by atoms with Crippen LogP contribution < -0.4 is 14.7 Å². The van der Waals surface area contributed by atoms with Crippen LogP contribution in [0.2, 0.25) is 0 Å². The van der Waals surface area contributed by atoms with E-state index in [0.717, 1.165) is 51.2 Å². The van der Waals surface area contributed by atoms with Crippen molar-refractivity contribution in [3.8, 4) is 22.3 Å². The monoisotopic (exact) mass is 1010 g/mol. The van der Waals surface area contributed by atoms with Gasteiger partial charge < -0.3 is 14.7 Å². The maximum Gasteiger partial charge on any atom is 0.0468 e. The second-order valence-electron chi connectivity index (χ2n) is 22.6. The highest BCUT2D eigenvalue weighted by Gasteiger charge is 2.37. The zero-order chi connectivity index (χ0) is 53.0. The lowest BCUT2D eigenvalue weighted by Gasteiger charge is -2.28. The van der Waals surface area contributed by atoms with Gasteiger partial charge in [0.05, 0.1) is 0 Å². The van der Waals surface area contributed by atoms with Crippen molar-refractivity contribution in [1.29, 1.82) is 0 Å². The molecular weight excluding hydrogens is 955 g/mol. The lowest BCUT2D eigenvalue weighted by molar-refractivity contribution is 0.660. The summed E-state index contributed by atoms with van der Waals surface area (Å²) in [5, 5.41) is 9.70. The summed E-state index contributed by atoms with van der Waals surface area (Å²) in [7, 11) is 0. The predicted octanol–water partition coefficient (Wildman–Crippen LogP) is 21.3. The Morgan fingerprint density at radius 2 is 0.456 bits per heavy atom. The molecule has 2 aliphatic rings. The normalized spacial score (nSPS) is 13.5. The Morgan fingerprint density at radius 1 is 0.203 bits per heavy atom. The highest BCUT2D eigenvalue weighted by molar-refractivity contribution is 6.12. The van der Waals surface area contributed by atoms with Crippen LogP contribution in [0.4, 0.5) is 51.2 Å². The molecule has 0 heterocycles. The van der Waals surface area contributed by atoms with Gasteiger partial charge in [0.25, 0.3) is 0 Å². The molecule has 0 atom stereocenters. The Balaban J connectivity index is 0.775. The molecule has 2 aliphatic carbocycles. The van der Waals surface area contributed by atoms with Crippen LogP contribution in [-0.2, 0) is 10.8 Å². The highest BCUT2D eigenvalue weighted by Crippen LogP contribution is 2.53. The summed E-state index contributed by atoms with van der Waals surface area (Å²) < 4.78 is 0. The molecule has 79 heavy (non-hydrogen) atoms. The Labute approximate surface area is 462 Å². The number of anilines is 9. The first-order valence-electron chi connectivity index (χ1n) is 27.6. The minimum atomic E-state index is -0.0976. The van der Waals surface area contributed by atoms with Crippen molar-refractivity contribution in [2.75, 3.05) is 14.7 Å². The van der Waals surface area contributed by atoms with E-state index in [1.807, 2.05) is 0 Å². The number of hydrogen-bond acceptors (Lipinski definition) is 3. The maximum atomic E-state index is 2.41. The molecule has 0 radical (unpaired) electrons. The molecule has 0 unspecified atom stereocenters. The van der Waals surface area contributed by atoms with Gasteiger partial charge in [0.1, 0.15) is 0 Å². The molecule has 0 bridgehead atoms. The van der Waals surface area contributed by atoms with Gasteiger partial charge in [-0.25, -0.2) is 0 Å². The summed E-state index contributed by atoms with van der Waals surface area (Å²) in [5.41, 5.74) is 20.8. The van der Waals surface area contributed by atoms with E-state index < -0.39 is 0 Å². The first-order chi connectivity index (χ1) is 38.7. The van der Waals surface area contributed by atoms with Gasteiger partial charge in [0, 0.05) is 62.0 Å². The summed E-state index contributed by atoms with van der Waals surface area (Å²) >= 11 is 0. The van der Waals surface area contributed by atoms with Crippen LogP contribution >= 0.6 is 0 Å². The second kappa shape index (κ2) is 17.9. The van der Waals surface area contributed by atoms with Gasteiger partial charge in [-0.3, -0.25) is 0 Å². The van der Waals surface area contributed by atoms with Crippen LogP contribution in [0.25, 0.3) is 65.3 Å². The summed E-state index contributed by atoms with van der Waals surface area (Å²) in [6, 6.07) is 101. The van der Waals surface area contributed by atoms with E-state index in [9.17, 15) is 0 Å². The SMILES string of the molecule is CC1(C)c2ccccc2-c2ccc(N(c3ccccc3)c3ccc4c(ccc5cc(N(c6ccccc6)c6ccc7c(ccc8cc(N(c9ccccc9)c9ccc%10c(c9)C(C)(C)c9ccccc9-%10)ccc87)c6)ccc54)c3)cc21. The Kier molecular flexibility index (Phi) is 10.6. The lowest BCUT2D eigenvalue weighted by atomic mass is 9.82. The van der Waals surface area contributed by atoms with Gasteiger partial charge in [0.15, 0.2) is 0 Å². The lowest BCUT2D eigenvalue weighted by Crippen LogP contribution is -2.16. The number of fused-ring (bicyclic) bond motifs is 12. The van der Waals surface area contributed by atoms with Crippen LogP contribution in [-0.4, -0.2) is 0 Å². The number of para-hydroxylation sites is 3. The molecule has 0 fully saturated rings. The standard InChI is InChI=1S/C76H57N3/c1-75(2)71-26-16-14-24-67(71)69-42-36-61(48-73(69)75)78(55-20-10-6-11-21-55)59-34-40-65-52(46-59)30-28-50-44-57(32-38-63(50)65)77(54-18-8-5-9-19-54)58-33-39-64-51(45-58)29-31-53-47-60(35-41-66(53)64)79(56-22-12-7-13-23-56)62-37-43-70-68-25-15-17-27-72(68)76(3,4)74(70)49-62/h5-49H,1-4H3. The number of nitrogens with zero attached hydrogens (tertiary/aromatic N) is 3. The van der Waals surface area contributed by atoms with Crippen molar-refractivity contribution in [3.05, 3.63) is 295 Å². The molecule has 0 aromatic heterocycles. The average molecular weight is 1010 g/mol. The minimum absolute atomic E-state index is 0.0976. The zero-order valence-electron chi connectivity index (χ0n) is 44.8. The third-order valence-corrected chi connectivity index (χ3v) is 17.3. The molecule has 0 saturated carbocycles. The number of hydrogen-bond donors (Lipinski definition) is 0. The molecule has 3 heteroatoms. The van der Waals surface area contributed by atoms with Crippen LogP contribution in [0, 0.1) is 0 Å². The van der Waals surface area contributed by atoms with E-state index in [1.54, 1.807) is 0 Å². The van der Waals surface area contributed by atoms with Gasteiger partial charge in [-0.05, 0) is 197 Å². The van der Waals surface area contributed by atoms with E-state index in [2.05, 4.69) is 315 Å². The number of rotatable bonds is 9. The molecule has 13 aromatic carbocycles. The third-order valence-electron chi connectivity index (χ3n) is 17.3. The van der Waals surface area contributed by atoms with Crippen molar-refractivity contribution in [2.45, 2.75) is 38.5 Å². The van der Waals surface area contributed by atoms with E-state index in [4.69, 9.17) is 0 Å². The van der Waals surface area contributed by atoms with Crippen molar-refractivity contribution in [3.63, 3.8) is 0 Å². The maximum absolute atomic E-state index is 2.41. The molecular formula is C76H57N3. The fourth-order valence-electron chi connectivity index (χ4n) is 13.4. The van der Waals surface area contributed by atoms with Gasteiger partial charge >= 0.3 is 0 Å². The Bertz CT molecular complexity index is 4280. The van der Waals surface area contributed by atoms with Crippen LogP contribution in [0.15, 0.2) is 273 Å². The van der Waals surface area contributed by atoms with Crippen LogP contribution in [0.1, 0.15) is 49.9 Å². The highest BCUT2D eigenvalue weighted by atomic mass is 15.2. The molecule has 0 spiro atoms. The molecule has 376 valence electrons. The Morgan fingerprint density at radius 3 is 0.772 bits per heavy atom. The van der Waals surface area contributed by atoms with E-state index in [1.165, 1.54) is 87.6 Å². The summed E-state index contributed by atoms with van der Waals surface area (Å²) in [6.45, 7) is 9.42. The Hall–Kier alpha value is -9.70. The van der Waals surface area contributed by atoms with Crippen molar-refractivity contribution in [2.24, 2.45) is 0 Å². The third kappa shape index (κ3) is 7.48. The fraction of sp³-hybridized carbons (Fsp3) is 0.0789. The van der Waals surface area contributed by atoms with E-state index in [0.29, 0.717) is 0 Å². The summed E-state index contributed by atoms with van der Waals surface area (Å²) in [5.74, 6) is 0. The van der Waals surface area contributed by atoms with Crippen LogP contribution in [0.3, 0.4) is 0 Å². The fourth-order valence-corrected chi connectivity index (χ4v) is 13.4. The van der Waals surface area contributed by atoms with Gasteiger partial charge in [-0.1, -0.05) is 191 Å². The first-order valence-corrected chi connectivity index (χ1v) is 27.6. The largest absolute Gasteiger partial charge is 0.310 e. The van der Waals surface area contributed by atoms with Crippen molar-refractivity contribution >= 4 is 94.3 Å². The van der Waals surface area contributed by atoms with Gasteiger partial charge in [-0.2, -0.15) is 0 Å². The smallest absolute Gasteiger partial charge is 0.0468 e. The average Bonchev–Trinajstić information content (AvgIpc) is 4.12. The zero-order valence-corrected chi connectivity index (χ0v) is 44.8. The molecule has 0 N–H and O–H groups in total. The van der Waals surface area contributed by atoms with Crippen LogP contribution in [0.5, 0.6) is 0 Å². The molecule has 0 aliphatic heterocycles.